The van der Waals surface area contributed by atoms with Gasteiger partial charge in [-0.05, 0) is 38.2 Å². The molecule has 1 saturated heterocycles. The van der Waals surface area contributed by atoms with Crippen molar-refractivity contribution in [3.8, 4) is 0 Å². The van der Waals surface area contributed by atoms with Gasteiger partial charge < -0.3 is 5.32 Å². The van der Waals surface area contributed by atoms with Gasteiger partial charge in [0.25, 0.3) is 5.91 Å². The monoisotopic (exact) mass is 288 g/mol. The summed E-state index contributed by atoms with van der Waals surface area (Å²) in [5.41, 5.74) is 1.38. The topological polar surface area (TPSA) is 49.4 Å². The first-order valence-electron chi connectivity index (χ1n) is 7.51. The molecule has 1 N–H and O–H groups in total. The number of hydrogen-bond donors (Lipinski definition) is 1. The summed E-state index contributed by atoms with van der Waals surface area (Å²) in [5.74, 6) is 0.395. The molecule has 114 valence electrons. The highest BCUT2D eigenvalue weighted by molar-refractivity contribution is 6.06. The number of nitrogens with zero attached hydrogens (tertiary/aromatic N) is 1. The number of carbonyl (C=O) groups excluding carboxylic acids is 2. The van der Waals surface area contributed by atoms with E-state index >= 15 is 0 Å². The van der Waals surface area contributed by atoms with Gasteiger partial charge in [0.05, 0.1) is 6.54 Å². The van der Waals surface area contributed by atoms with Gasteiger partial charge in [0, 0.05) is 0 Å². The Morgan fingerprint density at radius 3 is 2.38 bits per heavy atom. The second-order valence-electron chi connectivity index (χ2n) is 6.57. The second-order valence-corrected chi connectivity index (χ2v) is 6.57. The molecule has 0 bridgehead atoms. The highest BCUT2D eigenvalue weighted by atomic mass is 16.2. The van der Waals surface area contributed by atoms with Gasteiger partial charge >= 0.3 is 6.03 Å². The number of imide groups is 1. The first kappa shape index (κ1) is 15.5. The fraction of sp³-hybridized carbons (Fsp3) is 0.529. The van der Waals surface area contributed by atoms with Crippen molar-refractivity contribution >= 4 is 11.9 Å². The summed E-state index contributed by atoms with van der Waals surface area (Å²) in [6, 6.07) is 7.61. The van der Waals surface area contributed by atoms with Crippen LogP contribution in [0.25, 0.3) is 0 Å². The first-order chi connectivity index (χ1) is 9.82. The molecular formula is C17H24N2O2. The minimum absolute atomic E-state index is 0.117. The maximum absolute atomic E-state index is 12.6. The Balaban J connectivity index is 2.09. The number of aryl methyl sites for hydroxylation is 1. The lowest BCUT2D eigenvalue weighted by molar-refractivity contribution is -0.131. The van der Waals surface area contributed by atoms with Crippen molar-refractivity contribution in [1.29, 1.82) is 0 Å². The molecule has 1 atom stereocenters. The molecule has 1 unspecified atom stereocenters. The van der Waals surface area contributed by atoms with Gasteiger partial charge in [0.1, 0.15) is 5.54 Å². The molecule has 1 aliphatic heterocycles. The quantitative estimate of drug-likeness (QED) is 0.846. The van der Waals surface area contributed by atoms with E-state index in [4.69, 9.17) is 0 Å². The largest absolute Gasteiger partial charge is 0.325 e. The van der Waals surface area contributed by atoms with E-state index in [2.05, 4.69) is 19.2 Å². The molecule has 2 rings (SSSR count). The molecule has 0 radical (unpaired) electrons. The predicted octanol–water partition coefficient (Wildman–Crippen LogP) is 3.24. The maximum Gasteiger partial charge on any atom is 0.325 e. The number of nitrogens with one attached hydrogen (secondary N) is 1. The third-order valence-corrected chi connectivity index (χ3v) is 4.03. The van der Waals surface area contributed by atoms with Gasteiger partial charge in [0.15, 0.2) is 0 Å². The molecule has 0 spiro atoms. The molecule has 21 heavy (non-hydrogen) atoms. The average molecular weight is 288 g/mol. The summed E-state index contributed by atoms with van der Waals surface area (Å²) >= 11 is 0. The summed E-state index contributed by atoms with van der Waals surface area (Å²) in [5, 5.41) is 2.85. The predicted molar refractivity (Wildman–Crippen MR) is 82.7 cm³/mol. The smallest absolute Gasteiger partial charge is 0.323 e. The minimum atomic E-state index is -0.758. The zero-order chi connectivity index (χ0) is 15.6. The third-order valence-electron chi connectivity index (χ3n) is 4.03. The molecule has 1 aromatic rings. The molecule has 1 heterocycles. The second kappa shape index (κ2) is 5.88. The fourth-order valence-corrected chi connectivity index (χ4v) is 2.51. The number of carbonyl (C=O) groups is 2. The van der Waals surface area contributed by atoms with Crippen LogP contribution in [0.2, 0.25) is 0 Å². The van der Waals surface area contributed by atoms with E-state index in [-0.39, 0.29) is 11.9 Å². The van der Waals surface area contributed by atoms with Crippen LogP contribution in [-0.4, -0.2) is 22.4 Å². The van der Waals surface area contributed by atoms with Crippen molar-refractivity contribution in [2.24, 2.45) is 5.92 Å². The Kier molecular flexibility index (Phi) is 4.35. The molecule has 1 aromatic carbocycles. The molecule has 0 aromatic heterocycles. The van der Waals surface area contributed by atoms with E-state index in [0.29, 0.717) is 18.9 Å². The van der Waals surface area contributed by atoms with Crippen LogP contribution in [0.3, 0.4) is 0 Å². The molecule has 1 aliphatic rings. The van der Waals surface area contributed by atoms with Crippen LogP contribution in [0.4, 0.5) is 4.79 Å². The van der Waals surface area contributed by atoms with Crippen LogP contribution in [-0.2, 0) is 11.3 Å². The van der Waals surface area contributed by atoms with Gasteiger partial charge in [-0.2, -0.15) is 0 Å². The first-order valence-corrected chi connectivity index (χ1v) is 7.51. The summed E-state index contributed by atoms with van der Waals surface area (Å²) in [6.45, 7) is 8.41. The molecule has 4 nitrogen and oxygen atoms in total. The van der Waals surface area contributed by atoms with Crippen molar-refractivity contribution in [1.82, 2.24) is 10.2 Å². The van der Waals surface area contributed by atoms with Crippen LogP contribution < -0.4 is 5.32 Å². The zero-order valence-electron chi connectivity index (χ0n) is 13.3. The van der Waals surface area contributed by atoms with Crippen LogP contribution in [0, 0.1) is 12.8 Å². The van der Waals surface area contributed by atoms with Crippen molar-refractivity contribution in [3.05, 3.63) is 35.4 Å². The van der Waals surface area contributed by atoms with Crippen molar-refractivity contribution < 1.29 is 9.59 Å². The number of benzene rings is 1. The van der Waals surface area contributed by atoms with Gasteiger partial charge in [-0.25, -0.2) is 4.79 Å². The lowest BCUT2D eigenvalue weighted by atomic mass is 9.92. The van der Waals surface area contributed by atoms with Crippen molar-refractivity contribution in [2.45, 2.75) is 52.6 Å². The Bertz CT molecular complexity index is 536. The highest BCUT2D eigenvalue weighted by Crippen LogP contribution is 2.26. The van der Waals surface area contributed by atoms with Crippen LogP contribution in [0.1, 0.15) is 44.7 Å². The van der Waals surface area contributed by atoms with E-state index < -0.39 is 5.54 Å². The number of hydrogen-bond acceptors (Lipinski definition) is 2. The lowest BCUT2D eigenvalue weighted by Gasteiger charge is -2.22. The average Bonchev–Trinajstić information content (AvgIpc) is 2.63. The summed E-state index contributed by atoms with van der Waals surface area (Å²) in [4.78, 5) is 26.0. The van der Waals surface area contributed by atoms with E-state index in [9.17, 15) is 9.59 Å². The van der Waals surface area contributed by atoms with E-state index in [1.165, 1.54) is 4.90 Å². The Morgan fingerprint density at radius 1 is 1.19 bits per heavy atom. The molecule has 3 amide bonds. The van der Waals surface area contributed by atoms with Crippen molar-refractivity contribution in [2.75, 3.05) is 0 Å². The molecule has 0 saturated carbocycles. The minimum Gasteiger partial charge on any atom is -0.323 e. The van der Waals surface area contributed by atoms with Crippen molar-refractivity contribution in [3.63, 3.8) is 0 Å². The van der Waals surface area contributed by atoms with E-state index in [1.807, 2.05) is 38.1 Å². The third kappa shape index (κ3) is 3.43. The fourth-order valence-electron chi connectivity index (χ4n) is 2.51. The molecule has 0 aliphatic carbocycles. The summed E-state index contributed by atoms with van der Waals surface area (Å²) in [7, 11) is 0. The zero-order valence-corrected chi connectivity index (χ0v) is 13.3. The van der Waals surface area contributed by atoms with Gasteiger partial charge in [-0.3, -0.25) is 9.69 Å². The Labute approximate surface area is 126 Å². The van der Waals surface area contributed by atoms with Crippen LogP contribution >= 0.6 is 0 Å². The standard InChI is InChI=1S/C17H24N2O2/c1-12(2)9-10-17(4)15(20)19(16(21)18-17)11-14-7-5-13(3)6-8-14/h5-8,12H,9-11H2,1-4H3,(H,18,21). The van der Waals surface area contributed by atoms with E-state index in [1.54, 1.807) is 0 Å². The summed E-state index contributed by atoms with van der Waals surface area (Å²) in [6.07, 6.45) is 1.60. The van der Waals surface area contributed by atoms with E-state index in [0.717, 1.165) is 17.5 Å². The molecule has 4 heteroatoms. The number of urea groups is 1. The van der Waals surface area contributed by atoms with Crippen LogP contribution in [0.15, 0.2) is 24.3 Å². The molecular weight excluding hydrogens is 264 g/mol. The van der Waals surface area contributed by atoms with Crippen LogP contribution in [0.5, 0.6) is 0 Å². The Morgan fingerprint density at radius 2 is 1.81 bits per heavy atom. The maximum atomic E-state index is 12.6. The summed E-state index contributed by atoms with van der Waals surface area (Å²) < 4.78 is 0. The van der Waals surface area contributed by atoms with Gasteiger partial charge in [-0.1, -0.05) is 43.7 Å². The Hall–Kier alpha value is -1.84. The van der Waals surface area contributed by atoms with Gasteiger partial charge in [-0.15, -0.1) is 0 Å². The lowest BCUT2D eigenvalue weighted by Crippen LogP contribution is -2.44. The SMILES string of the molecule is Cc1ccc(CN2C(=O)NC(C)(CCC(C)C)C2=O)cc1. The highest BCUT2D eigenvalue weighted by Gasteiger charge is 2.47. The molecule has 1 fully saturated rings. The number of rotatable bonds is 5. The number of amides is 3. The van der Waals surface area contributed by atoms with Gasteiger partial charge in [0.2, 0.25) is 0 Å². The normalized spacial score (nSPS) is 22.0.